The van der Waals surface area contributed by atoms with Gasteiger partial charge in [-0.1, -0.05) is 35.9 Å². The summed E-state index contributed by atoms with van der Waals surface area (Å²) in [5.74, 6) is 0.826. The van der Waals surface area contributed by atoms with Crippen molar-refractivity contribution < 1.29 is 4.74 Å². The molecule has 0 amide bonds. The van der Waals surface area contributed by atoms with Crippen LogP contribution in [0.3, 0.4) is 0 Å². The van der Waals surface area contributed by atoms with E-state index in [4.69, 9.17) is 16.3 Å². The van der Waals surface area contributed by atoms with Gasteiger partial charge in [0, 0.05) is 31.2 Å². The third-order valence-electron chi connectivity index (χ3n) is 4.02. The Morgan fingerprint density at radius 3 is 2.82 bits per heavy atom. The van der Waals surface area contributed by atoms with Crippen LogP contribution in [-0.4, -0.2) is 43.9 Å². The molecule has 0 aliphatic carbocycles. The Bertz CT molecular complexity index is 792. The first kappa shape index (κ1) is 21.8. The molecular weight excluding hydrogens is 374 g/mol. The smallest absolute Gasteiger partial charge is 0.129 e. The summed E-state index contributed by atoms with van der Waals surface area (Å²) < 4.78 is 5.27. The van der Waals surface area contributed by atoms with Crippen LogP contribution >= 0.6 is 11.6 Å². The number of aromatic nitrogens is 1. The van der Waals surface area contributed by atoms with Crippen LogP contribution < -0.4 is 20.8 Å². The summed E-state index contributed by atoms with van der Waals surface area (Å²) in [5.41, 5.74) is 6.37. The summed E-state index contributed by atoms with van der Waals surface area (Å²) in [5, 5.41) is 9.22. The molecule has 28 heavy (non-hydrogen) atoms. The number of rotatable bonds is 10. The number of nitrogens with zero attached hydrogens (tertiary/aromatic N) is 2. The number of halogens is 1. The van der Waals surface area contributed by atoms with Crippen LogP contribution in [0.5, 0.6) is 5.75 Å². The zero-order valence-corrected chi connectivity index (χ0v) is 17.5. The van der Waals surface area contributed by atoms with E-state index in [1.54, 1.807) is 19.4 Å². The lowest BCUT2D eigenvalue weighted by Crippen LogP contribution is -2.46. The highest BCUT2D eigenvalue weighted by Gasteiger charge is 2.09. The van der Waals surface area contributed by atoms with Gasteiger partial charge in [-0.2, -0.15) is 0 Å². The van der Waals surface area contributed by atoms with Gasteiger partial charge in [-0.25, -0.2) is 9.99 Å². The molecule has 2 aromatic rings. The zero-order valence-electron chi connectivity index (χ0n) is 16.7. The van der Waals surface area contributed by atoms with E-state index in [9.17, 15) is 0 Å². The fraction of sp³-hybridized carbons (Fsp3) is 0.286. The van der Waals surface area contributed by atoms with Crippen LogP contribution in [0.1, 0.15) is 12.5 Å². The van der Waals surface area contributed by atoms with Crippen molar-refractivity contribution in [3.63, 3.8) is 0 Å². The van der Waals surface area contributed by atoms with Crippen molar-refractivity contribution in [3.05, 3.63) is 71.2 Å². The Hall–Kier alpha value is -2.54. The molecule has 0 spiro atoms. The predicted molar refractivity (Wildman–Crippen MR) is 117 cm³/mol. The predicted octanol–water partition coefficient (Wildman–Crippen LogP) is 3.75. The van der Waals surface area contributed by atoms with E-state index in [1.807, 2.05) is 74.7 Å². The highest BCUT2D eigenvalue weighted by molar-refractivity contribution is 6.29. The molecule has 2 rings (SSSR count). The van der Waals surface area contributed by atoms with E-state index in [1.165, 1.54) is 0 Å². The number of ether oxygens (including phenoxy) is 1. The molecule has 0 aliphatic rings. The quantitative estimate of drug-likeness (QED) is 0.244. The highest BCUT2D eigenvalue weighted by atomic mass is 35.5. The van der Waals surface area contributed by atoms with Crippen LogP contribution in [0.15, 0.2) is 60.4 Å². The molecule has 0 fully saturated rings. The number of hydrogen-bond acceptors (Lipinski definition) is 6. The van der Waals surface area contributed by atoms with Crippen LogP contribution in [0.4, 0.5) is 5.69 Å². The van der Waals surface area contributed by atoms with Crippen LogP contribution in [0, 0.1) is 0 Å². The highest BCUT2D eigenvalue weighted by Crippen LogP contribution is 2.17. The number of nitrogens with one attached hydrogen (secondary N) is 3. The van der Waals surface area contributed by atoms with Gasteiger partial charge in [-0.05, 0) is 43.3 Å². The first-order valence-corrected chi connectivity index (χ1v) is 9.39. The average Bonchev–Trinajstić information content (AvgIpc) is 2.71. The Balaban J connectivity index is 1.85. The number of benzene rings is 1. The summed E-state index contributed by atoms with van der Waals surface area (Å²) in [6.07, 6.45) is 7.79. The van der Waals surface area contributed by atoms with E-state index >= 15 is 0 Å². The Morgan fingerprint density at radius 2 is 2.14 bits per heavy atom. The molecule has 7 heteroatoms. The van der Waals surface area contributed by atoms with E-state index in [0.717, 1.165) is 29.1 Å². The molecule has 1 aromatic heterocycles. The monoisotopic (exact) mass is 401 g/mol. The van der Waals surface area contributed by atoms with E-state index < -0.39 is 0 Å². The van der Waals surface area contributed by atoms with Gasteiger partial charge in [0.15, 0.2) is 0 Å². The van der Waals surface area contributed by atoms with E-state index in [0.29, 0.717) is 5.15 Å². The van der Waals surface area contributed by atoms with Gasteiger partial charge in [-0.3, -0.25) is 5.32 Å². The van der Waals surface area contributed by atoms with Gasteiger partial charge in [0.05, 0.1) is 19.8 Å². The van der Waals surface area contributed by atoms with E-state index in [2.05, 4.69) is 21.0 Å². The molecule has 150 valence electrons. The standard InChI is InChI=1S/C21H28ClN5O/c1-16(8-9-17-10-11-20(22)24-14-17)13-25-27(3)15-21(23-2)26-18-6-5-7-19(12-18)28-4/h5-14,21,23,25-26H,15H2,1-4H3/b9-8+,16-13+. The van der Waals surface area contributed by atoms with E-state index in [-0.39, 0.29) is 6.17 Å². The third kappa shape index (κ3) is 7.60. The molecule has 0 saturated heterocycles. The topological polar surface area (TPSA) is 61.5 Å². The molecular formula is C21H28ClN5O. The maximum atomic E-state index is 5.80. The SMILES string of the molecule is CNC(CN(C)N/C=C(C)/C=C/c1ccc(Cl)nc1)Nc1cccc(OC)c1. The fourth-order valence-corrected chi connectivity index (χ4v) is 2.54. The number of likely N-dealkylation sites (N-methyl/N-ethyl adjacent to an activating group) is 2. The van der Waals surface area contributed by atoms with Gasteiger partial charge in [0.25, 0.3) is 0 Å². The molecule has 0 aliphatic heterocycles. The summed E-state index contributed by atoms with van der Waals surface area (Å²) in [6, 6.07) is 11.6. The van der Waals surface area contributed by atoms with Crippen LogP contribution in [0.2, 0.25) is 5.15 Å². The number of allylic oxidation sites excluding steroid dienone is 2. The number of hydrazine groups is 1. The molecule has 1 heterocycles. The van der Waals surface area contributed by atoms with Crippen LogP contribution in [0.25, 0.3) is 6.08 Å². The second kappa shape index (κ2) is 11.3. The second-order valence-electron chi connectivity index (χ2n) is 6.36. The number of methoxy groups -OCH3 is 1. The van der Waals surface area contributed by atoms with Gasteiger partial charge < -0.3 is 15.5 Å². The lowest BCUT2D eigenvalue weighted by Gasteiger charge is -2.25. The van der Waals surface area contributed by atoms with Gasteiger partial charge in [0.1, 0.15) is 10.9 Å². The normalized spacial score (nSPS) is 13.0. The molecule has 0 bridgehead atoms. The average molecular weight is 402 g/mol. The minimum atomic E-state index is 0.0639. The number of hydrogen-bond donors (Lipinski definition) is 3. The molecule has 6 nitrogen and oxygen atoms in total. The lowest BCUT2D eigenvalue weighted by molar-refractivity contribution is 0.254. The summed E-state index contributed by atoms with van der Waals surface area (Å²) >= 11 is 5.80. The molecule has 1 atom stereocenters. The van der Waals surface area contributed by atoms with Crippen LogP contribution in [-0.2, 0) is 0 Å². The molecule has 1 aromatic carbocycles. The van der Waals surface area contributed by atoms with Gasteiger partial charge >= 0.3 is 0 Å². The summed E-state index contributed by atoms with van der Waals surface area (Å²) in [7, 11) is 5.59. The lowest BCUT2D eigenvalue weighted by atomic mass is 10.2. The van der Waals surface area contributed by atoms with Crippen molar-refractivity contribution in [1.82, 2.24) is 20.7 Å². The third-order valence-corrected chi connectivity index (χ3v) is 4.24. The van der Waals surface area contributed by atoms with Crippen molar-refractivity contribution >= 4 is 23.4 Å². The molecule has 3 N–H and O–H groups in total. The fourth-order valence-electron chi connectivity index (χ4n) is 2.42. The maximum Gasteiger partial charge on any atom is 0.129 e. The summed E-state index contributed by atoms with van der Waals surface area (Å²) in [4.78, 5) is 4.07. The number of pyridine rings is 1. The zero-order chi connectivity index (χ0) is 20.4. The van der Waals surface area contributed by atoms with Crippen molar-refractivity contribution in [3.8, 4) is 5.75 Å². The first-order valence-electron chi connectivity index (χ1n) is 9.01. The number of anilines is 1. The Labute approximate surface area is 172 Å². The largest absolute Gasteiger partial charge is 0.497 e. The first-order chi connectivity index (χ1) is 13.5. The molecule has 0 radical (unpaired) electrons. The van der Waals surface area contributed by atoms with Gasteiger partial charge in [0.2, 0.25) is 0 Å². The van der Waals surface area contributed by atoms with Crippen molar-refractivity contribution in [2.75, 3.05) is 33.1 Å². The van der Waals surface area contributed by atoms with Crippen molar-refractivity contribution in [1.29, 1.82) is 0 Å². The summed E-state index contributed by atoms with van der Waals surface area (Å²) in [6.45, 7) is 2.77. The Morgan fingerprint density at radius 1 is 1.32 bits per heavy atom. The van der Waals surface area contributed by atoms with Gasteiger partial charge in [-0.15, -0.1) is 0 Å². The maximum absolute atomic E-state index is 5.80. The minimum absolute atomic E-state index is 0.0639. The molecule has 0 saturated carbocycles. The molecule has 1 unspecified atom stereocenters. The Kier molecular flexibility index (Phi) is 8.81. The van der Waals surface area contributed by atoms with Crippen molar-refractivity contribution in [2.45, 2.75) is 13.1 Å². The van der Waals surface area contributed by atoms with Crippen molar-refractivity contribution in [2.24, 2.45) is 0 Å². The minimum Gasteiger partial charge on any atom is -0.497 e. The second-order valence-corrected chi connectivity index (χ2v) is 6.75.